The molecule has 3 unspecified atom stereocenters. The monoisotopic (exact) mass is 282 g/mol. The van der Waals surface area contributed by atoms with Crippen LogP contribution in [0.2, 0.25) is 0 Å². The van der Waals surface area contributed by atoms with Gasteiger partial charge in [0.2, 0.25) is 5.91 Å². The van der Waals surface area contributed by atoms with E-state index in [-0.39, 0.29) is 11.9 Å². The van der Waals surface area contributed by atoms with Crippen molar-refractivity contribution in [3.05, 3.63) is 0 Å². The Morgan fingerprint density at radius 2 is 2.20 bits per heavy atom. The van der Waals surface area contributed by atoms with Crippen LogP contribution in [-0.4, -0.2) is 66.6 Å². The molecule has 3 N–H and O–H groups in total. The first-order valence-electron chi connectivity index (χ1n) is 8.12. The van der Waals surface area contributed by atoms with Crippen LogP contribution in [0.3, 0.4) is 0 Å². The molecule has 0 aromatic carbocycles. The van der Waals surface area contributed by atoms with Gasteiger partial charge < -0.3 is 11.1 Å². The molecular formula is C15H30N4O. The summed E-state index contributed by atoms with van der Waals surface area (Å²) in [4.78, 5) is 16.9. The largest absolute Gasteiger partial charge is 0.356 e. The molecule has 2 fully saturated rings. The average Bonchev–Trinajstić information content (AvgIpc) is 2.44. The fraction of sp³-hybridized carbons (Fsp3) is 0.933. The van der Waals surface area contributed by atoms with Crippen molar-refractivity contribution >= 4 is 5.91 Å². The molecule has 0 radical (unpaired) electrons. The lowest BCUT2D eigenvalue weighted by Gasteiger charge is -2.49. The number of piperazine rings is 1. The lowest BCUT2D eigenvalue weighted by Crippen LogP contribution is -2.62. The second-order valence-corrected chi connectivity index (χ2v) is 6.24. The molecule has 5 nitrogen and oxygen atoms in total. The molecule has 0 saturated carbocycles. The summed E-state index contributed by atoms with van der Waals surface area (Å²) in [7, 11) is 0. The maximum atomic E-state index is 11.8. The van der Waals surface area contributed by atoms with Crippen molar-refractivity contribution in [2.24, 2.45) is 5.73 Å². The summed E-state index contributed by atoms with van der Waals surface area (Å²) >= 11 is 0. The first-order valence-corrected chi connectivity index (χ1v) is 8.12. The van der Waals surface area contributed by atoms with Crippen LogP contribution in [0.5, 0.6) is 0 Å². The van der Waals surface area contributed by atoms with Crippen molar-refractivity contribution in [3.63, 3.8) is 0 Å². The van der Waals surface area contributed by atoms with Gasteiger partial charge in [0.1, 0.15) is 0 Å². The summed E-state index contributed by atoms with van der Waals surface area (Å²) in [6.07, 6.45) is 4.50. The number of carbonyl (C=O) groups excluding carboxylic acids is 1. The molecule has 2 rings (SSSR count). The second-order valence-electron chi connectivity index (χ2n) is 6.24. The minimum atomic E-state index is 0.126. The van der Waals surface area contributed by atoms with Crippen LogP contribution in [-0.2, 0) is 4.79 Å². The summed E-state index contributed by atoms with van der Waals surface area (Å²) in [6, 6.07) is 1.34. The number of nitrogens with two attached hydrogens (primary N) is 1. The standard InChI is InChI=1S/C15H30N4O/c1-3-17-15(20)8-14(9-16)19-11-13-6-4-5-7-18(13)10-12(19)2/h12-14H,3-11,16H2,1-2H3,(H,17,20). The van der Waals surface area contributed by atoms with Crippen LogP contribution in [0.15, 0.2) is 0 Å². The van der Waals surface area contributed by atoms with Gasteiger partial charge in [0.25, 0.3) is 0 Å². The van der Waals surface area contributed by atoms with Crippen molar-refractivity contribution in [2.75, 3.05) is 32.7 Å². The Morgan fingerprint density at radius 1 is 1.40 bits per heavy atom. The average molecular weight is 282 g/mol. The van der Waals surface area contributed by atoms with Gasteiger partial charge in [-0.2, -0.15) is 0 Å². The minimum Gasteiger partial charge on any atom is -0.356 e. The lowest BCUT2D eigenvalue weighted by molar-refractivity contribution is -0.123. The third-order valence-electron chi connectivity index (χ3n) is 4.77. The molecule has 2 aliphatic heterocycles. The Kier molecular flexibility index (Phi) is 5.81. The van der Waals surface area contributed by atoms with E-state index in [2.05, 4.69) is 22.0 Å². The maximum absolute atomic E-state index is 11.8. The van der Waals surface area contributed by atoms with Crippen LogP contribution in [0.25, 0.3) is 0 Å². The first kappa shape index (κ1) is 15.7. The molecule has 2 aliphatic rings. The maximum Gasteiger partial charge on any atom is 0.221 e. The summed E-state index contributed by atoms with van der Waals surface area (Å²) in [6.45, 7) is 8.92. The first-order chi connectivity index (χ1) is 9.65. The molecule has 2 heterocycles. The number of hydrogen-bond acceptors (Lipinski definition) is 4. The topological polar surface area (TPSA) is 61.6 Å². The highest BCUT2D eigenvalue weighted by Gasteiger charge is 2.36. The summed E-state index contributed by atoms with van der Waals surface area (Å²) in [5, 5.41) is 2.89. The molecule has 20 heavy (non-hydrogen) atoms. The molecule has 5 heteroatoms. The number of rotatable bonds is 5. The molecule has 0 bridgehead atoms. The molecule has 1 amide bonds. The fourth-order valence-corrected chi connectivity index (χ4v) is 3.70. The Bertz CT molecular complexity index is 323. The van der Waals surface area contributed by atoms with E-state index in [1.165, 1.54) is 25.8 Å². The zero-order valence-electron chi connectivity index (χ0n) is 13.0. The van der Waals surface area contributed by atoms with Crippen molar-refractivity contribution in [1.29, 1.82) is 0 Å². The van der Waals surface area contributed by atoms with Crippen molar-refractivity contribution < 1.29 is 4.79 Å². The third-order valence-corrected chi connectivity index (χ3v) is 4.77. The van der Waals surface area contributed by atoms with Gasteiger partial charge in [-0.3, -0.25) is 14.6 Å². The normalized spacial score (nSPS) is 29.8. The minimum absolute atomic E-state index is 0.126. The van der Waals surface area contributed by atoms with Gasteiger partial charge in [-0.1, -0.05) is 6.42 Å². The summed E-state index contributed by atoms with van der Waals surface area (Å²) in [5.41, 5.74) is 5.94. The van der Waals surface area contributed by atoms with E-state index >= 15 is 0 Å². The number of piperidine rings is 1. The van der Waals surface area contributed by atoms with E-state index in [4.69, 9.17) is 5.73 Å². The molecule has 0 aliphatic carbocycles. The molecule has 0 spiro atoms. The fourth-order valence-electron chi connectivity index (χ4n) is 3.70. The second kappa shape index (κ2) is 7.38. The molecule has 0 aromatic heterocycles. The molecule has 0 aromatic rings. The van der Waals surface area contributed by atoms with Gasteiger partial charge in [-0.15, -0.1) is 0 Å². The Labute approximate surface area is 122 Å². The van der Waals surface area contributed by atoms with E-state index in [0.29, 0.717) is 31.6 Å². The molecular weight excluding hydrogens is 252 g/mol. The SMILES string of the molecule is CCNC(=O)CC(CN)N1CC2CCCCN2CC1C. The van der Waals surface area contributed by atoms with Gasteiger partial charge in [0.05, 0.1) is 0 Å². The van der Waals surface area contributed by atoms with Crippen LogP contribution in [0, 0.1) is 0 Å². The smallest absolute Gasteiger partial charge is 0.221 e. The van der Waals surface area contributed by atoms with Crippen LogP contribution in [0.4, 0.5) is 0 Å². The number of carbonyl (C=O) groups is 1. The van der Waals surface area contributed by atoms with Crippen LogP contribution in [0.1, 0.15) is 39.5 Å². The highest BCUT2D eigenvalue weighted by atomic mass is 16.1. The van der Waals surface area contributed by atoms with Gasteiger partial charge in [0.15, 0.2) is 0 Å². The highest BCUT2D eigenvalue weighted by Crippen LogP contribution is 2.25. The predicted octanol–water partition coefficient (Wildman–Crippen LogP) is 0.399. The van der Waals surface area contributed by atoms with Gasteiger partial charge in [-0.05, 0) is 33.2 Å². The number of amides is 1. The quantitative estimate of drug-likeness (QED) is 0.766. The van der Waals surface area contributed by atoms with E-state index < -0.39 is 0 Å². The van der Waals surface area contributed by atoms with E-state index in [1.54, 1.807) is 0 Å². The van der Waals surface area contributed by atoms with E-state index in [1.807, 2.05) is 6.92 Å². The predicted molar refractivity (Wildman–Crippen MR) is 81.5 cm³/mol. The zero-order chi connectivity index (χ0) is 14.5. The van der Waals surface area contributed by atoms with Gasteiger partial charge >= 0.3 is 0 Å². The number of hydrogen-bond donors (Lipinski definition) is 2. The van der Waals surface area contributed by atoms with Gasteiger partial charge in [-0.25, -0.2) is 0 Å². The van der Waals surface area contributed by atoms with Crippen molar-refractivity contribution in [1.82, 2.24) is 15.1 Å². The summed E-state index contributed by atoms with van der Waals surface area (Å²) in [5.74, 6) is 0.126. The molecule has 3 atom stereocenters. The number of nitrogens with zero attached hydrogens (tertiary/aromatic N) is 2. The Balaban J connectivity index is 1.96. The molecule has 116 valence electrons. The molecule has 2 saturated heterocycles. The third kappa shape index (κ3) is 3.71. The van der Waals surface area contributed by atoms with E-state index in [0.717, 1.165) is 13.1 Å². The zero-order valence-corrected chi connectivity index (χ0v) is 13.0. The number of nitrogens with one attached hydrogen (secondary N) is 1. The summed E-state index contributed by atoms with van der Waals surface area (Å²) < 4.78 is 0. The van der Waals surface area contributed by atoms with Crippen molar-refractivity contribution in [3.8, 4) is 0 Å². The Hall–Kier alpha value is -0.650. The highest BCUT2D eigenvalue weighted by molar-refractivity contribution is 5.76. The van der Waals surface area contributed by atoms with Crippen molar-refractivity contribution in [2.45, 2.75) is 57.7 Å². The Morgan fingerprint density at radius 3 is 2.90 bits per heavy atom. The van der Waals surface area contributed by atoms with Crippen LogP contribution < -0.4 is 11.1 Å². The van der Waals surface area contributed by atoms with Gasteiger partial charge in [0, 0.05) is 50.7 Å². The van der Waals surface area contributed by atoms with Crippen LogP contribution >= 0.6 is 0 Å². The lowest BCUT2D eigenvalue weighted by atomic mass is 9.95. The number of fused-ring (bicyclic) bond motifs is 1. The van der Waals surface area contributed by atoms with E-state index in [9.17, 15) is 4.79 Å².